The van der Waals surface area contributed by atoms with Crippen molar-refractivity contribution in [3.8, 4) is 11.1 Å². The van der Waals surface area contributed by atoms with Gasteiger partial charge >= 0.3 is 0 Å². The highest BCUT2D eigenvalue weighted by Gasteiger charge is 2.18. The minimum atomic E-state index is -3.92. The van der Waals surface area contributed by atoms with E-state index in [4.69, 9.17) is 0 Å². The zero-order valence-electron chi connectivity index (χ0n) is 13.3. The van der Waals surface area contributed by atoms with Gasteiger partial charge in [-0.05, 0) is 30.7 Å². The molecular weight excluding hydrogens is 344 g/mol. The largest absolute Gasteiger partial charge is 0.279 e. The van der Waals surface area contributed by atoms with Crippen LogP contribution < -0.4 is 4.72 Å². The lowest BCUT2D eigenvalue weighted by Gasteiger charge is -2.14. The number of sulfonamides is 1. The van der Waals surface area contributed by atoms with E-state index in [0.29, 0.717) is 5.56 Å². The Bertz CT molecular complexity index is 1000. The van der Waals surface area contributed by atoms with Crippen molar-refractivity contribution in [3.63, 3.8) is 0 Å². The molecule has 0 bridgehead atoms. The summed E-state index contributed by atoms with van der Waals surface area (Å²) in [5.74, 6) is -2.17. The van der Waals surface area contributed by atoms with Gasteiger partial charge in [-0.3, -0.25) is 4.72 Å². The molecule has 6 heteroatoms. The van der Waals surface area contributed by atoms with Crippen LogP contribution in [0.1, 0.15) is 5.56 Å². The summed E-state index contributed by atoms with van der Waals surface area (Å²) in [5.41, 5.74) is 1.82. The monoisotopic (exact) mass is 359 g/mol. The van der Waals surface area contributed by atoms with Gasteiger partial charge in [-0.25, -0.2) is 17.2 Å². The first-order valence-electron chi connectivity index (χ1n) is 7.51. The van der Waals surface area contributed by atoms with Crippen LogP contribution in [0.25, 0.3) is 11.1 Å². The zero-order valence-corrected chi connectivity index (χ0v) is 14.1. The maximum absolute atomic E-state index is 13.7. The van der Waals surface area contributed by atoms with E-state index in [1.54, 1.807) is 30.3 Å². The summed E-state index contributed by atoms with van der Waals surface area (Å²) in [6.45, 7) is 1.90. The van der Waals surface area contributed by atoms with Crippen molar-refractivity contribution in [1.29, 1.82) is 0 Å². The minimum absolute atomic E-state index is 0.0217. The predicted octanol–water partition coefficient (Wildman–Crippen LogP) is 4.74. The van der Waals surface area contributed by atoms with Crippen LogP contribution in [0.5, 0.6) is 0 Å². The molecule has 0 fully saturated rings. The highest BCUT2D eigenvalue weighted by Crippen LogP contribution is 2.32. The van der Waals surface area contributed by atoms with Crippen LogP contribution in [0.4, 0.5) is 14.5 Å². The van der Waals surface area contributed by atoms with E-state index >= 15 is 0 Å². The third-order valence-electron chi connectivity index (χ3n) is 3.72. The average Bonchev–Trinajstić information content (AvgIpc) is 2.59. The van der Waals surface area contributed by atoms with Crippen LogP contribution >= 0.6 is 0 Å². The maximum Gasteiger partial charge on any atom is 0.261 e. The van der Waals surface area contributed by atoms with Crippen LogP contribution in [-0.4, -0.2) is 8.42 Å². The lowest BCUT2D eigenvalue weighted by atomic mass is 10.0. The highest BCUT2D eigenvalue weighted by molar-refractivity contribution is 7.92. The van der Waals surface area contributed by atoms with Gasteiger partial charge in [0.1, 0.15) is 0 Å². The van der Waals surface area contributed by atoms with E-state index in [-0.39, 0.29) is 16.1 Å². The fourth-order valence-corrected chi connectivity index (χ4v) is 3.50. The van der Waals surface area contributed by atoms with Crippen molar-refractivity contribution in [3.05, 3.63) is 83.9 Å². The van der Waals surface area contributed by atoms with Crippen LogP contribution in [0.2, 0.25) is 0 Å². The second-order valence-electron chi connectivity index (χ2n) is 5.60. The predicted molar refractivity (Wildman–Crippen MR) is 93.8 cm³/mol. The number of anilines is 1. The van der Waals surface area contributed by atoms with Gasteiger partial charge in [0.2, 0.25) is 0 Å². The Kier molecular flexibility index (Phi) is 4.55. The fourth-order valence-electron chi connectivity index (χ4n) is 2.41. The van der Waals surface area contributed by atoms with Crippen molar-refractivity contribution in [2.45, 2.75) is 11.8 Å². The van der Waals surface area contributed by atoms with E-state index in [1.807, 2.05) is 19.1 Å². The molecule has 0 unspecified atom stereocenters. The van der Waals surface area contributed by atoms with E-state index in [9.17, 15) is 17.2 Å². The number of aryl methyl sites for hydroxylation is 1. The molecule has 3 rings (SSSR count). The van der Waals surface area contributed by atoms with Gasteiger partial charge in [0, 0.05) is 11.6 Å². The Balaban J connectivity index is 2.09. The first-order valence-corrected chi connectivity index (χ1v) is 8.99. The molecule has 0 aliphatic carbocycles. The van der Waals surface area contributed by atoms with Gasteiger partial charge in [-0.1, -0.05) is 48.0 Å². The Morgan fingerprint density at radius 1 is 0.840 bits per heavy atom. The molecule has 0 amide bonds. The lowest BCUT2D eigenvalue weighted by Crippen LogP contribution is -2.14. The molecule has 3 aromatic carbocycles. The van der Waals surface area contributed by atoms with Gasteiger partial charge in [0.25, 0.3) is 10.0 Å². The van der Waals surface area contributed by atoms with E-state index in [1.165, 1.54) is 12.1 Å². The molecule has 0 aliphatic rings. The molecule has 0 radical (unpaired) electrons. The van der Waals surface area contributed by atoms with Crippen LogP contribution in [0, 0.1) is 18.6 Å². The SMILES string of the molecule is Cc1ccc(-c2cc(F)c(F)cc2NS(=O)(=O)c2ccccc2)cc1. The van der Waals surface area contributed by atoms with E-state index in [0.717, 1.165) is 17.7 Å². The number of benzene rings is 3. The first-order chi connectivity index (χ1) is 11.9. The Labute approximate surface area is 145 Å². The van der Waals surface area contributed by atoms with E-state index in [2.05, 4.69) is 4.72 Å². The second-order valence-corrected chi connectivity index (χ2v) is 7.28. The Hall–Kier alpha value is -2.73. The van der Waals surface area contributed by atoms with Crippen molar-refractivity contribution in [1.82, 2.24) is 0 Å². The number of hydrogen-bond donors (Lipinski definition) is 1. The van der Waals surface area contributed by atoms with Gasteiger partial charge in [-0.2, -0.15) is 0 Å². The fraction of sp³-hybridized carbons (Fsp3) is 0.0526. The zero-order chi connectivity index (χ0) is 18.0. The Morgan fingerprint density at radius 3 is 2.08 bits per heavy atom. The molecule has 0 spiro atoms. The number of halogens is 2. The summed E-state index contributed by atoms with van der Waals surface area (Å²) >= 11 is 0. The number of nitrogens with one attached hydrogen (secondary N) is 1. The molecule has 25 heavy (non-hydrogen) atoms. The summed E-state index contributed by atoms with van der Waals surface area (Å²) in [4.78, 5) is 0.0367. The minimum Gasteiger partial charge on any atom is -0.279 e. The molecule has 3 aromatic rings. The molecule has 3 nitrogen and oxygen atoms in total. The molecule has 0 saturated heterocycles. The van der Waals surface area contributed by atoms with Crippen LogP contribution in [-0.2, 0) is 10.0 Å². The van der Waals surface area contributed by atoms with Gasteiger partial charge in [-0.15, -0.1) is 0 Å². The standard InChI is InChI=1S/C19H15F2NO2S/c1-13-7-9-14(10-8-13)16-11-17(20)18(21)12-19(16)22-25(23,24)15-5-3-2-4-6-15/h2-12,22H,1H3. The molecule has 0 aliphatic heterocycles. The topological polar surface area (TPSA) is 46.2 Å². The van der Waals surface area contributed by atoms with Crippen molar-refractivity contribution in [2.24, 2.45) is 0 Å². The van der Waals surface area contributed by atoms with Gasteiger partial charge < -0.3 is 0 Å². The third kappa shape index (κ3) is 3.69. The van der Waals surface area contributed by atoms with E-state index < -0.39 is 21.7 Å². The third-order valence-corrected chi connectivity index (χ3v) is 5.10. The summed E-state index contributed by atoms with van der Waals surface area (Å²) in [6, 6.07) is 16.6. The Morgan fingerprint density at radius 2 is 1.44 bits per heavy atom. The maximum atomic E-state index is 13.7. The molecule has 128 valence electrons. The average molecular weight is 359 g/mol. The highest BCUT2D eigenvalue weighted by atomic mass is 32.2. The summed E-state index contributed by atoms with van der Waals surface area (Å²) in [7, 11) is -3.92. The number of rotatable bonds is 4. The summed E-state index contributed by atoms with van der Waals surface area (Å²) in [6.07, 6.45) is 0. The molecule has 0 heterocycles. The second kappa shape index (κ2) is 6.64. The van der Waals surface area contributed by atoms with Gasteiger partial charge in [0.05, 0.1) is 10.6 Å². The summed E-state index contributed by atoms with van der Waals surface area (Å²) in [5, 5.41) is 0. The van der Waals surface area contributed by atoms with Crippen molar-refractivity contribution in [2.75, 3.05) is 4.72 Å². The first kappa shape index (κ1) is 17.1. The lowest BCUT2D eigenvalue weighted by molar-refractivity contribution is 0.509. The molecule has 0 aromatic heterocycles. The normalized spacial score (nSPS) is 11.3. The molecule has 0 saturated carbocycles. The van der Waals surface area contributed by atoms with Crippen molar-refractivity contribution < 1.29 is 17.2 Å². The molecular formula is C19H15F2NO2S. The van der Waals surface area contributed by atoms with Gasteiger partial charge in [0.15, 0.2) is 11.6 Å². The summed E-state index contributed by atoms with van der Waals surface area (Å²) < 4.78 is 54.8. The molecule has 0 atom stereocenters. The van der Waals surface area contributed by atoms with Crippen LogP contribution in [0.3, 0.4) is 0 Å². The van der Waals surface area contributed by atoms with Crippen LogP contribution in [0.15, 0.2) is 71.6 Å². The smallest absolute Gasteiger partial charge is 0.261 e. The molecule has 1 N–H and O–H groups in total. The number of hydrogen-bond acceptors (Lipinski definition) is 2. The quantitative estimate of drug-likeness (QED) is 0.731. The van der Waals surface area contributed by atoms with Crippen molar-refractivity contribution >= 4 is 15.7 Å².